The summed E-state index contributed by atoms with van der Waals surface area (Å²) < 4.78 is 14.5. The van der Waals surface area contributed by atoms with Crippen LogP contribution in [0.2, 0.25) is 0 Å². The van der Waals surface area contributed by atoms with Crippen LogP contribution in [0.5, 0.6) is 0 Å². The molecule has 0 bridgehead atoms. The second-order valence-corrected chi connectivity index (χ2v) is 5.59. The van der Waals surface area contributed by atoms with Crippen molar-refractivity contribution in [1.82, 2.24) is 5.32 Å². The number of hydrogen-bond acceptors (Lipinski definition) is 1. The molecule has 0 aromatic heterocycles. The second kappa shape index (κ2) is 7.12. The van der Waals surface area contributed by atoms with Crippen molar-refractivity contribution in [3.8, 4) is 0 Å². The summed E-state index contributed by atoms with van der Waals surface area (Å²) in [6.07, 6.45) is 3.00. The van der Waals surface area contributed by atoms with E-state index in [4.69, 9.17) is 0 Å². The molecule has 0 spiro atoms. The minimum Gasteiger partial charge on any atom is -0.317 e. The van der Waals surface area contributed by atoms with Crippen LogP contribution in [0.15, 0.2) is 22.7 Å². The van der Waals surface area contributed by atoms with Crippen molar-refractivity contribution >= 4 is 15.9 Å². The molecule has 0 amide bonds. The molecule has 96 valence electrons. The Balaban J connectivity index is 2.67. The van der Waals surface area contributed by atoms with Crippen molar-refractivity contribution in [3.05, 3.63) is 34.1 Å². The molecule has 1 aromatic rings. The molecular formula is C14H21BrFN. The molecule has 0 radical (unpaired) electrons. The lowest BCUT2D eigenvalue weighted by atomic mass is 9.94. The standard InChI is InChI=1S/C14H21BrFN/c1-4-10(2)7-13(17-3)8-11-5-6-12(15)9-14(11)16/h5-6,9-10,13,17H,4,7-8H2,1-3H3. The van der Waals surface area contributed by atoms with E-state index in [1.165, 1.54) is 12.5 Å². The van der Waals surface area contributed by atoms with E-state index in [2.05, 4.69) is 35.1 Å². The third-order valence-electron chi connectivity index (χ3n) is 3.27. The van der Waals surface area contributed by atoms with Gasteiger partial charge in [-0.3, -0.25) is 0 Å². The third kappa shape index (κ3) is 4.76. The maximum Gasteiger partial charge on any atom is 0.127 e. The van der Waals surface area contributed by atoms with Gasteiger partial charge in [0.15, 0.2) is 0 Å². The zero-order valence-electron chi connectivity index (χ0n) is 10.8. The number of likely N-dealkylation sites (N-methyl/N-ethyl adjacent to an activating group) is 1. The van der Waals surface area contributed by atoms with Gasteiger partial charge < -0.3 is 5.32 Å². The largest absolute Gasteiger partial charge is 0.317 e. The Morgan fingerprint density at radius 2 is 2.12 bits per heavy atom. The number of hydrogen-bond donors (Lipinski definition) is 1. The fraction of sp³-hybridized carbons (Fsp3) is 0.571. The smallest absolute Gasteiger partial charge is 0.127 e. The first-order valence-electron chi connectivity index (χ1n) is 6.18. The monoisotopic (exact) mass is 301 g/mol. The normalized spacial score (nSPS) is 14.6. The van der Waals surface area contributed by atoms with Crippen LogP contribution in [-0.4, -0.2) is 13.1 Å². The molecule has 0 heterocycles. The summed E-state index contributed by atoms with van der Waals surface area (Å²) in [5, 5.41) is 3.28. The van der Waals surface area contributed by atoms with Gasteiger partial charge in [0.05, 0.1) is 0 Å². The Hall–Kier alpha value is -0.410. The zero-order chi connectivity index (χ0) is 12.8. The highest BCUT2D eigenvalue weighted by molar-refractivity contribution is 9.10. The fourth-order valence-electron chi connectivity index (χ4n) is 1.91. The van der Waals surface area contributed by atoms with Gasteiger partial charge in [0.1, 0.15) is 5.82 Å². The van der Waals surface area contributed by atoms with E-state index in [1.807, 2.05) is 19.2 Å². The highest BCUT2D eigenvalue weighted by atomic mass is 79.9. The van der Waals surface area contributed by atoms with E-state index in [1.54, 1.807) is 0 Å². The predicted octanol–water partition coefficient (Wildman–Crippen LogP) is 4.15. The van der Waals surface area contributed by atoms with Crippen LogP contribution < -0.4 is 5.32 Å². The van der Waals surface area contributed by atoms with Crippen molar-refractivity contribution < 1.29 is 4.39 Å². The summed E-state index contributed by atoms with van der Waals surface area (Å²) in [7, 11) is 1.95. The van der Waals surface area contributed by atoms with Crippen molar-refractivity contribution in [2.24, 2.45) is 5.92 Å². The van der Waals surface area contributed by atoms with Crippen LogP contribution in [0.3, 0.4) is 0 Å². The number of rotatable bonds is 6. The lowest BCUT2D eigenvalue weighted by Crippen LogP contribution is -2.29. The first kappa shape index (κ1) is 14.7. The SMILES string of the molecule is CCC(C)CC(Cc1ccc(Br)cc1F)NC. The molecule has 3 heteroatoms. The Kier molecular flexibility index (Phi) is 6.14. The molecule has 0 fully saturated rings. The average Bonchev–Trinajstić information content (AvgIpc) is 2.31. The van der Waals surface area contributed by atoms with Crippen LogP contribution in [-0.2, 0) is 6.42 Å². The van der Waals surface area contributed by atoms with Gasteiger partial charge in [-0.05, 0) is 43.5 Å². The quantitative estimate of drug-likeness (QED) is 0.832. The fourth-order valence-corrected chi connectivity index (χ4v) is 2.24. The topological polar surface area (TPSA) is 12.0 Å². The first-order chi connectivity index (χ1) is 8.06. The second-order valence-electron chi connectivity index (χ2n) is 4.67. The summed E-state index contributed by atoms with van der Waals surface area (Å²) >= 11 is 3.28. The molecule has 1 aromatic carbocycles. The highest BCUT2D eigenvalue weighted by Crippen LogP contribution is 2.19. The van der Waals surface area contributed by atoms with Crippen LogP contribution in [0.4, 0.5) is 4.39 Å². The van der Waals surface area contributed by atoms with E-state index < -0.39 is 0 Å². The van der Waals surface area contributed by atoms with Crippen LogP contribution >= 0.6 is 15.9 Å². The highest BCUT2D eigenvalue weighted by Gasteiger charge is 2.13. The Labute approximate surface area is 112 Å². The van der Waals surface area contributed by atoms with Crippen molar-refractivity contribution in [1.29, 1.82) is 0 Å². The van der Waals surface area contributed by atoms with Crippen LogP contribution in [0.1, 0.15) is 32.3 Å². The van der Waals surface area contributed by atoms with Gasteiger partial charge in [-0.1, -0.05) is 42.3 Å². The molecular weight excluding hydrogens is 281 g/mol. The number of nitrogens with one attached hydrogen (secondary N) is 1. The van der Waals surface area contributed by atoms with Crippen LogP contribution in [0, 0.1) is 11.7 Å². The molecule has 0 saturated carbocycles. The van der Waals surface area contributed by atoms with E-state index in [9.17, 15) is 4.39 Å². The molecule has 1 N–H and O–H groups in total. The lowest BCUT2D eigenvalue weighted by molar-refractivity contribution is 0.406. The van der Waals surface area contributed by atoms with E-state index in [0.717, 1.165) is 22.9 Å². The Bertz CT molecular complexity index is 354. The Morgan fingerprint density at radius 3 is 2.65 bits per heavy atom. The Morgan fingerprint density at radius 1 is 1.41 bits per heavy atom. The summed E-state index contributed by atoms with van der Waals surface area (Å²) in [5.41, 5.74) is 0.788. The van der Waals surface area contributed by atoms with Gasteiger partial charge in [0, 0.05) is 10.5 Å². The molecule has 1 nitrogen and oxygen atoms in total. The molecule has 0 aliphatic carbocycles. The molecule has 17 heavy (non-hydrogen) atoms. The molecule has 0 aliphatic heterocycles. The van der Waals surface area contributed by atoms with E-state index in [0.29, 0.717) is 12.0 Å². The summed E-state index contributed by atoms with van der Waals surface area (Å²) in [4.78, 5) is 0. The van der Waals surface area contributed by atoms with Gasteiger partial charge in [-0.15, -0.1) is 0 Å². The zero-order valence-corrected chi connectivity index (χ0v) is 12.3. The minimum atomic E-state index is -0.122. The van der Waals surface area contributed by atoms with Crippen molar-refractivity contribution in [2.45, 2.75) is 39.2 Å². The van der Waals surface area contributed by atoms with E-state index in [-0.39, 0.29) is 5.82 Å². The third-order valence-corrected chi connectivity index (χ3v) is 3.77. The number of benzene rings is 1. The van der Waals surface area contributed by atoms with E-state index >= 15 is 0 Å². The molecule has 1 rings (SSSR count). The maximum absolute atomic E-state index is 13.7. The molecule has 2 atom stereocenters. The average molecular weight is 302 g/mol. The van der Waals surface area contributed by atoms with Gasteiger partial charge in [-0.2, -0.15) is 0 Å². The molecule has 2 unspecified atom stereocenters. The first-order valence-corrected chi connectivity index (χ1v) is 6.97. The minimum absolute atomic E-state index is 0.122. The van der Waals surface area contributed by atoms with Gasteiger partial charge in [0.25, 0.3) is 0 Å². The van der Waals surface area contributed by atoms with Gasteiger partial charge in [0.2, 0.25) is 0 Å². The summed E-state index contributed by atoms with van der Waals surface area (Å²) in [6.45, 7) is 4.43. The number of halogens is 2. The maximum atomic E-state index is 13.7. The summed E-state index contributed by atoms with van der Waals surface area (Å²) in [6, 6.07) is 5.64. The molecule has 0 saturated heterocycles. The van der Waals surface area contributed by atoms with Crippen LogP contribution in [0.25, 0.3) is 0 Å². The van der Waals surface area contributed by atoms with Crippen molar-refractivity contribution in [2.75, 3.05) is 7.05 Å². The van der Waals surface area contributed by atoms with Crippen molar-refractivity contribution in [3.63, 3.8) is 0 Å². The van der Waals surface area contributed by atoms with Gasteiger partial charge in [-0.25, -0.2) is 4.39 Å². The molecule has 0 aliphatic rings. The van der Waals surface area contributed by atoms with Gasteiger partial charge >= 0.3 is 0 Å². The summed E-state index contributed by atoms with van der Waals surface area (Å²) in [5.74, 6) is 0.551. The predicted molar refractivity (Wildman–Crippen MR) is 74.7 cm³/mol. The lowest BCUT2D eigenvalue weighted by Gasteiger charge is -2.20.